The monoisotopic (exact) mass is 342 g/mol. The fourth-order valence-electron chi connectivity index (χ4n) is 2.27. The summed E-state index contributed by atoms with van der Waals surface area (Å²) in [5, 5.41) is 1.25. The molecule has 126 valence electrons. The average Bonchev–Trinajstić information content (AvgIpc) is 2.59. The van der Waals surface area contributed by atoms with Crippen LogP contribution in [0, 0.1) is 12.8 Å². The number of Topliss-reactive ketones (excluding diaryl/α,β-unsaturated/α-hetero) is 1. The zero-order valence-corrected chi connectivity index (χ0v) is 14.8. The van der Waals surface area contributed by atoms with Gasteiger partial charge in [-0.15, -0.1) is 0 Å². The van der Waals surface area contributed by atoms with Gasteiger partial charge in [0, 0.05) is 17.4 Å². The Hall–Kier alpha value is -2.20. The number of aryl methyl sites for hydroxylation is 1. The Morgan fingerprint density at radius 3 is 2.29 bits per heavy atom. The third kappa shape index (κ3) is 5.17. The fraction of sp³-hybridized carbons (Fsp3) is 0.250. The van der Waals surface area contributed by atoms with Gasteiger partial charge in [0.05, 0.1) is 4.90 Å². The second-order valence-corrected chi connectivity index (χ2v) is 7.83. The third-order valence-corrected chi connectivity index (χ3v) is 5.30. The Balaban J connectivity index is 1.94. The maximum atomic E-state index is 12.3. The number of ketones is 1. The van der Waals surface area contributed by atoms with Crippen LogP contribution in [0.3, 0.4) is 0 Å². The van der Waals surface area contributed by atoms with E-state index in [-0.39, 0.29) is 16.6 Å². The molecule has 0 spiro atoms. The van der Waals surface area contributed by atoms with Crippen LogP contribution in [0.5, 0.6) is 0 Å². The smallest absolute Gasteiger partial charge is 0.199 e. The SMILES string of the molecule is Cc1ccc(S(=O)(=O)/C=C/[C@@H](C)CCC(=O)c2ccccc2)cc1. The summed E-state index contributed by atoms with van der Waals surface area (Å²) in [5.41, 5.74) is 1.71. The fourth-order valence-corrected chi connectivity index (χ4v) is 3.42. The van der Waals surface area contributed by atoms with Crippen molar-refractivity contribution in [3.63, 3.8) is 0 Å². The van der Waals surface area contributed by atoms with Gasteiger partial charge in [0.2, 0.25) is 0 Å². The second-order valence-electron chi connectivity index (χ2n) is 5.99. The summed E-state index contributed by atoms with van der Waals surface area (Å²) in [5.74, 6) is 0.0927. The molecular weight excluding hydrogens is 320 g/mol. The minimum atomic E-state index is -3.43. The molecule has 0 amide bonds. The molecule has 4 heteroatoms. The van der Waals surface area contributed by atoms with Gasteiger partial charge in [0.25, 0.3) is 0 Å². The first kappa shape index (κ1) is 18.1. The maximum Gasteiger partial charge on any atom is 0.199 e. The standard InChI is InChI=1S/C20H22O3S/c1-16-8-11-19(12-9-16)24(22,23)15-14-17(2)10-13-20(21)18-6-4-3-5-7-18/h3-9,11-12,14-15,17H,10,13H2,1-2H3/b15-14+/t17-/m0/s1. The van der Waals surface area contributed by atoms with Crippen molar-refractivity contribution in [3.05, 3.63) is 77.2 Å². The molecule has 3 nitrogen and oxygen atoms in total. The largest absolute Gasteiger partial charge is 0.294 e. The van der Waals surface area contributed by atoms with Crippen molar-refractivity contribution in [1.29, 1.82) is 0 Å². The van der Waals surface area contributed by atoms with E-state index in [1.165, 1.54) is 5.41 Å². The van der Waals surface area contributed by atoms with Gasteiger partial charge in [0.1, 0.15) is 0 Å². The molecule has 0 heterocycles. The van der Waals surface area contributed by atoms with E-state index in [1.54, 1.807) is 42.5 Å². The maximum absolute atomic E-state index is 12.3. The molecule has 0 N–H and O–H groups in total. The van der Waals surface area contributed by atoms with Gasteiger partial charge in [-0.2, -0.15) is 0 Å². The van der Waals surface area contributed by atoms with Crippen molar-refractivity contribution in [2.24, 2.45) is 5.92 Å². The lowest BCUT2D eigenvalue weighted by Gasteiger charge is -2.06. The minimum Gasteiger partial charge on any atom is -0.294 e. The number of benzene rings is 2. The lowest BCUT2D eigenvalue weighted by atomic mass is 10.0. The van der Waals surface area contributed by atoms with Crippen LogP contribution in [0.4, 0.5) is 0 Å². The van der Waals surface area contributed by atoms with Crippen LogP contribution >= 0.6 is 0 Å². The molecule has 0 bridgehead atoms. The van der Waals surface area contributed by atoms with Crippen molar-refractivity contribution in [1.82, 2.24) is 0 Å². The van der Waals surface area contributed by atoms with E-state index < -0.39 is 9.84 Å². The quantitative estimate of drug-likeness (QED) is 0.692. The Bertz CT molecular complexity index is 804. The Labute approximate surface area is 144 Å². The van der Waals surface area contributed by atoms with Crippen molar-refractivity contribution in [3.8, 4) is 0 Å². The molecule has 0 unspecified atom stereocenters. The van der Waals surface area contributed by atoms with Crippen molar-refractivity contribution < 1.29 is 13.2 Å². The Kier molecular flexibility index (Phi) is 6.10. The van der Waals surface area contributed by atoms with E-state index in [0.717, 1.165) is 5.56 Å². The summed E-state index contributed by atoms with van der Waals surface area (Å²) in [6, 6.07) is 15.9. The number of rotatable bonds is 7. The number of allylic oxidation sites excluding steroid dienone is 1. The minimum absolute atomic E-state index is 0.0119. The molecule has 0 fully saturated rings. The lowest BCUT2D eigenvalue weighted by molar-refractivity contribution is 0.0977. The number of hydrogen-bond donors (Lipinski definition) is 0. The van der Waals surface area contributed by atoms with Gasteiger partial charge in [0.15, 0.2) is 15.6 Å². The number of carbonyl (C=O) groups excluding carboxylic acids is 1. The summed E-state index contributed by atoms with van der Waals surface area (Å²) in [7, 11) is -3.43. The molecule has 2 aromatic carbocycles. The Morgan fingerprint density at radius 2 is 1.67 bits per heavy atom. The summed E-state index contributed by atoms with van der Waals surface area (Å²) in [6.45, 7) is 3.83. The van der Waals surface area contributed by atoms with E-state index >= 15 is 0 Å². The Morgan fingerprint density at radius 1 is 1.04 bits per heavy atom. The zero-order valence-electron chi connectivity index (χ0n) is 14.0. The second kappa shape index (κ2) is 8.06. The first-order valence-corrected chi connectivity index (χ1v) is 9.51. The predicted molar refractivity (Wildman–Crippen MR) is 96.7 cm³/mol. The molecule has 0 aliphatic rings. The van der Waals surface area contributed by atoms with Crippen molar-refractivity contribution in [2.45, 2.75) is 31.6 Å². The average molecular weight is 342 g/mol. The normalized spacial score (nSPS) is 13.1. The van der Waals surface area contributed by atoms with Crippen LogP contribution in [0.1, 0.15) is 35.7 Å². The highest BCUT2D eigenvalue weighted by Crippen LogP contribution is 2.16. The van der Waals surface area contributed by atoms with Crippen LogP contribution in [0.15, 0.2) is 71.0 Å². The van der Waals surface area contributed by atoms with Crippen LogP contribution < -0.4 is 0 Å². The number of carbonyl (C=O) groups is 1. The number of sulfone groups is 1. The molecule has 2 rings (SSSR count). The first-order chi connectivity index (χ1) is 11.4. The summed E-state index contributed by atoms with van der Waals surface area (Å²) >= 11 is 0. The van der Waals surface area contributed by atoms with Crippen LogP contribution in [-0.4, -0.2) is 14.2 Å². The van der Waals surface area contributed by atoms with E-state index in [4.69, 9.17) is 0 Å². The highest BCUT2D eigenvalue weighted by atomic mass is 32.2. The molecule has 0 saturated heterocycles. The third-order valence-electron chi connectivity index (χ3n) is 3.86. The van der Waals surface area contributed by atoms with E-state index in [0.29, 0.717) is 18.4 Å². The van der Waals surface area contributed by atoms with Gasteiger partial charge >= 0.3 is 0 Å². The van der Waals surface area contributed by atoms with Crippen LogP contribution in [0.2, 0.25) is 0 Å². The predicted octanol–water partition coefficient (Wildman–Crippen LogP) is 4.58. The molecule has 0 radical (unpaired) electrons. The van der Waals surface area contributed by atoms with Gasteiger partial charge in [-0.1, -0.05) is 61.0 Å². The van der Waals surface area contributed by atoms with E-state index in [9.17, 15) is 13.2 Å². The van der Waals surface area contributed by atoms with Crippen molar-refractivity contribution >= 4 is 15.6 Å². The molecule has 0 saturated carbocycles. The molecule has 24 heavy (non-hydrogen) atoms. The summed E-state index contributed by atoms with van der Waals surface area (Å²) in [6.07, 6.45) is 2.68. The summed E-state index contributed by atoms with van der Waals surface area (Å²) in [4.78, 5) is 12.4. The van der Waals surface area contributed by atoms with Crippen molar-refractivity contribution in [2.75, 3.05) is 0 Å². The van der Waals surface area contributed by atoms with E-state index in [1.807, 2.05) is 32.0 Å². The van der Waals surface area contributed by atoms with Gasteiger partial charge < -0.3 is 0 Å². The van der Waals surface area contributed by atoms with E-state index in [2.05, 4.69) is 0 Å². The van der Waals surface area contributed by atoms with Gasteiger partial charge in [-0.05, 0) is 31.4 Å². The van der Waals surface area contributed by atoms with Crippen LogP contribution in [-0.2, 0) is 9.84 Å². The first-order valence-electron chi connectivity index (χ1n) is 7.97. The van der Waals surface area contributed by atoms with Gasteiger partial charge in [-0.3, -0.25) is 4.79 Å². The molecule has 2 aromatic rings. The lowest BCUT2D eigenvalue weighted by Crippen LogP contribution is -2.02. The molecular formula is C20H22O3S. The molecule has 0 aromatic heterocycles. The topological polar surface area (TPSA) is 51.2 Å². The highest BCUT2D eigenvalue weighted by molar-refractivity contribution is 7.94. The zero-order chi connectivity index (χ0) is 17.6. The summed E-state index contributed by atoms with van der Waals surface area (Å²) < 4.78 is 24.5. The molecule has 0 aliphatic heterocycles. The van der Waals surface area contributed by atoms with Gasteiger partial charge in [-0.25, -0.2) is 8.42 Å². The molecule has 0 aliphatic carbocycles. The number of hydrogen-bond acceptors (Lipinski definition) is 3. The molecule has 1 atom stereocenters. The van der Waals surface area contributed by atoms with Crippen LogP contribution in [0.25, 0.3) is 0 Å². The highest BCUT2D eigenvalue weighted by Gasteiger charge is 2.11.